The van der Waals surface area contributed by atoms with E-state index in [-0.39, 0.29) is 5.92 Å². The Morgan fingerprint density at radius 1 is 1.56 bits per heavy atom. The van der Waals surface area contributed by atoms with E-state index < -0.39 is 0 Å². The van der Waals surface area contributed by atoms with Crippen LogP contribution in [0.1, 0.15) is 38.1 Å². The molecule has 90 valence electrons. The SMILES string of the molecule is CCCC(C)C(=O)Cc1c(Br)c(C)nn1C. The van der Waals surface area contributed by atoms with Crippen molar-refractivity contribution >= 4 is 21.7 Å². The molecule has 3 nitrogen and oxygen atoms in total. The molecule has 1 heterocycles. The number of nitrogens with zero attached hydrogens (tertiary/aromatic N) is 2. The summed E-state index contributed by atoms with van der Waals surface area (Å²) in [6, 6.07) is 0. The van der Waals surface area contributed by atoms with Crippen molar-refractivity contribution < 1.29 is 4.79 Å². The first-order valence-corrected chi connectivity index (χ1v) is 6.47. The molecule has 0 spiro atoms. The van der Waals surface area contributed by atoms with Crippen LogP contribution in [-0.4, -0.2) is 15.6 Å². The molecule has 0 aliphatic heterocycles. The third-order valence-electron chi connectivity index (χ3n) is 2.87. The quantitative estimate of drug-likeness (QED) is 0.834. The van der Waals surface area contributed by atoms with Crippen molar-refractivity contribution in [2.45, 2.75) is 40.0 Å². The number of halogens is 1. The van der Waals surface area contributed by atoms with Crippen LogP contribution in [0.15, 0.2) is 4.47 Å². The van der Waals surface area contributed by atoms with Gasteiger partial charge in [0.2, 0.25) is 0 Å². The average molecular weight is 287 g/mol. The maximum atomic E-state index is 12.0. The van der Waals surface area contributed by atoms with Gasteiger partial charge in [0.25, 0.3) is 0 Å². The minimum absolute atomic E-state index is 0.145. The van der Waals surface area contributed by atoms with Crippen LogP contribution in [0.5, 0.6) is 0 Å². The van der Waals surface area contributed by atoms with Gasteiger partial charge in [-0.3, -0.25) is 9.48 Å². The van der Waals surface area contributed by atoms with E-state index >= 15 is 0 Å². The Bertz CT molecular complexity index is 385. The zero-order valence-electron chi connectivity index (χ0n) is 10.4. The lowest BCUT2D eigenvalue weighted by atomic mass is 9.97. The molecule has 0 aromatic carbocycles. The molecule has 1 rings (SSSR count). The van der Waals surface area contributed by atoms with E-state index in [0.29, 0.717) is 12.2 Å². The van der Waals surface area contributed by atoms with Gasteiger partial charge in [0, 0.05) is 19.4 Å². The van der Waals surface area contributed by atoms with Gasteiger partial charge < -0.3 is 0 Å². The summed E-state index contributed by atoms with van der Waals surface area (Å²) in [4.78, 5) is 12.0. The Morgan fingerprint density at radius 3 is 2.62 bits per heavy atom. The standard InChI is InChI=1S/C12H19BrN2O/c1-5-6-8(2)11(16)7-10-12(13)9(3)14-15(10)4/h8H,5-7H2,1-4H3. The largest absolute Gasteiger partial charge is 0.299 e. The number of carbonyl (C=O) groups is 1. The molecule has 0 aliphatic carbocycles. The number of Topliss-reactive ketones (excluding diaryl/α,β-unsaturated/α-hetero) is 1. The average Bonchev–Trinajstić information content (AvgIpc) is 2.45. The smallest absolute Gasteiger partial charge is 0.141 e. The topological polar surface area (TPSA) is 34.9 Å². The van der Waals surface area contributed by atoms with Gasteiger partial charge in [-0.15, -0.1) is 0 Å². The van der Waals surface area contributed by atoms with Gasteiger partial charge in [-0.05, 0) is 29.3 Å². The summed E-state index contributed by atoms with van der Waals surface area (Å²) in [5, 5.41) is 4.29. The van der Waals surface area contributed by atoms with Crippen LogP contribution in [0.2, 0.25) is 0 Å². The van der Waals surface area contributed by atoms with Gasteiger partial charge in [-0.2, -0.15) is 5.10 Å². The number of aromatic nitrogens is 2. The fourth-order valence-corrected chi connectivity index (χ4v) is 2.28. The molecular weight excluding hydrogens is 268 g/mol. The van der Waals surface area contributed by atoms with Crippen molar-refractivity contribution in [1.29, 1.82) is 0 Å². The number of hydrogen-bond acceptors (Lipinski definition) is 2. The van der Waals surface area contributed by atoms with Gasteiger partial charge in [0.15, 0.2) is 0 Å². The Kier molecular flexibility index (Phi) is 4.71. The van der Waals surface area contributed by atoms with E-state index in [4.69, 9.17) is 0 Å². The molecule has 1 aromatic rings. The lowest BCUT2D eigenvalue weighted by Gasteiger charge is -2.09. The van der Waals surface area contributed by atoms with Crippen molar-refractivity contribution in [1.82, 2.24) is 9.78 Å². The molecule has 4 heteroatoms. The van der Waals surface area contributed by atoms with E-state index in [1.807, 2.05) is 20.9 Å². The van der Waals surface area contributed by atoms with Gasteiger partial charge >= 0.3 is 0 Å². The number of rotatable bonds is 5. The molecule has 1 aromatic heterocycles. The molecule has 0 aliphatic rings. The highest BCUT2D eigenvalue weighted by molar-refractivity contribution is 9.10. The number of carbonyl (C=O) groups excluding carboxylic acids is 1. The molecule has 1 atom stereocenters. The second kappa shape index (κ2) is 5.62. The minimum atomic E-state index is 0.145. The van der Waals surface area contributed by atoms with Gasteiger partial charge in [-0.25, -0.2) is 0 Å². The van der Waals surface area contributed by atoms with E-state index in [0.717, 1.165) is 28.7 Å². The summed E-state index contributed by atoms with van der Waals surface area (Å²) in [6.45, 7) is 6.05. The van der Waals surface area contributed by atoms with Crippen LogP contribution < -0.4 is 0 Å². The van der Waals surface area contributed by atoms with E-state index in [1.165, 1.54) is 0 Å². The molecule has 0 N–H and O–H groups in total. The predicted molar refractivity (Wildman–Crippen MR) is 68.4 cm³/mol. The zero-order chi connectivity index (χ0) is 12.3. The minimum Gasteiger partial charge on any atom is -0.299 e. The predicted octanol–water partition coefficient (Wildman–Crippen LogP) is 3.04. The summed E-state index contributed by atoms with van der Waals surface area (Å²) < 4.78 is 2.75. The van der Waals surface area contributed by atoms with Crippen LogP contribution in [-0.2, 0) is 18.3 Å². The molecule has 1 unspecified atom stereocenters. The molecule has 0 saturated heterocycles. The highest BCUT2D eigenvalue weighted by atomic mass is 79.9. The van der Waals surface area contributed by atoms with Crippen LogP contribution in [0.4, 0.5) is 0 Å². The van der Waals surface area contributed by atoms with Crippen molar-refractivity contribution in [3.05, 3.63) is 15.9 Å². The molecule has 0 fully saturated rings. The summed E-state index contributed by atoms with van der Waals surface area (Å²) in [6.07, 6.45) is 2.49. The summed E-state index contributed by atoms with van der Waals surface area (Å²) in [5.74, 6) is 0.442. The highest BCUT2D eigenvalue weighted by Gasteiger charge is 2.18. The van der Waals surface area contributed by atoms with E-state index in [9.17, 15) is 4.79 Å². The highest BCUT2D eigenvalue weighted by Crippen LogP contribution is 2.22. The Hall–Kier alpha value is -0.640. The number of aryl methyl sites for hydroxylation is 2. The molecule has 0 bridgehead atoms. The maximum Gasteiger partial charge on any atom is 0.141 e. The second-order valence-electron chi connectivity index (χ2n) is 4.30. The molecular formula is C12H19BrN2O. The molecule has 0 saturated carbocycles. The van der Waals surface area contributed by atoms with Crippen LogP contribution >= 0.6 is 15.9 Å². The number of hydrogen-bond donors (Lipinski definition) is 0. The fraction of sp³-hybridized carbons (Fsp3) is 0.667. The van der Waals surface area contributed by atoms with Crippen molar-refractivity contribution in [2.75, 3.05) is 0 Å². The lowest BCUT2D eigenvalue weighted by molar-refractivity contribution is -0.122. The molecule has 0 radical (unpaired) electrons. The van der Waals surface area contributed by atoms with Gasteiger partial charge in [0.05, 0.1) is 15.9 Å². The van der Waals surface area contributed by atoms with Crippen LogP contribution in [0, 0.1) is 12.8 Å². The monoisotopic (exact) mass is 286 g/mol. The molecule has 0 amide bonds. The summed E-state index contributed by atoms with van der Waals surface area (Å²) >= 11 is 3.48. The third-order valence-corrected chi connectivity index (χ3v) is 3.91. The van der Waals surface area contributed by atoms with E-state index in [1.54, 1.807) is 4.68 Å². The Balaban J connectivity index is 2.77. The van der Waals surface area contributed by atoms with Gasteiger partial charge in [-0.1, -0.05) is 20.3 Å². The first-order valence-electron chi connectivity index (χ1n) is 5.68. The van der Waals surface area contributed by atoms with Crippen molar-refractivity contribution in [2.24, 2.45) is 13.0 Å². The Labute approximate surface area is 105 Å². The third kappa shape index (κ3) is 2.94. The second-order valence-corrected chi connectivity index (χ2v) is 5.10. The normalized spacial score (nSPS) is 12.8. The first kappa shape index (κ1) is 13.4. The summed E-state index contributed by atoms with van der Waals surface area (Å²) in [5.41, 5.74) is 1.92. The Morgan fingerprint density at radius 2 is 2.19 bits per heavy atom. The van der Waals surface area contributed by atoms with Crippen molar-refractivity contribution in [3.63, 3.8) is 0 Å². The summed E-state index contributed by atoms with van der Waals surface area (Å²) in [7, 11) is 1.88. The molecule has 16 heavy (non-hydrogen) atoms. The van der Waals surface area contributed by atoms with Crippen LogP contribution in [0.25, 0.3) is 0 Å². The first-order chi connectivity index (χ1) is 7.47. The van der Waals surface area contributed by atoms with Crippen LogP contribution in [0.3, 0.4) is 0 Å². The lowest BCUT2D eigenvalue weighted by Crippen LogP contribution is -2.15. The van der Waals surface area contributed by atoms with Crippen molar-refractivity contribution in [3.8, 4) is 0 Å². The zero-order valence-corrected chi connectivity index (χ0v) is 12.0. The van der Waals surface area contributed by atoms with E-state index in [2.05, 4.69) is 28.0 Å². The number of ketones is 1. The van der Waals surface area contributed by atoms with Gasteiger partial charge in [0.1, 0.15) is 5.78 Å². The fourth-order valence-electron chi connectivity index (χ4n) is 1.81. The maximum absolute atomic E-state index is 12.0.